The molecule has 2 amide bonds. The van der Waals surface area contributed by atoms with Crippen LogP contribution in [0.5, 0.6) is 0 Å². The average molecular weight is 344 g/mol. The van der Waals surface area contributed by atoms with Crippen LogP contribution in [0.3, 0.4) is 0 Å². The zero-order valence-corrected chi connectivity index (χ0v) is 14.6. The van der Waals surface area contributed by atoms with E-state index in [1.165, 1.54) is 4.88 Å². The lowest BCUT2D eigenvalue weighted by Gasteiger charge is -2.20. The van der Waals surface area contributed by atoms with Crippen molar-refractivity contribution >= 4 is 40.3 Å². The van der Waals surface area contributed by atoms with Gasteiger partial charge in [0.2, 0.25) is 11.8 Å². The van der Waals surface area contributed by atoms with Crippen molar-refractivity contribution < 1.29 is 9.59 Å². The van der Waals surface area contributed by atoms with Gasteiger partial charge in [-0.05, 0) is 36.4 Å². The highest BCUT2D eigenvalue weighted by Crippen LogP contribution is 2.31. The zero-order chi connectivity index (χ0) is 17.1. The van der Waals surface area contributed by atoms with Gasteiger partial charge in [0.1, 0.15) is 12.4 Å². The number of carbonyl (C=O) groups is 2. The zero-order valence-electron chi connectivity index (χ0n) is 13.8. The Morgan fingerprint density at radius 2 is 2.17 bits per heavy atom. The van der Waals surface area contributed by atoms with Gasteiger partial charge in [-0.25, -0.2) is 4.98 Å². The van der Waals surface area contributed by atoms with Gasteiger partial charge in [-0.15, -0.1) is 11.3 Å². The molecule has 0 aromatic carbocycles. The first-order chi connectivity index (χ1) is 11.5. The molecule has 1 aliphatic rings. The average Bonchev–Trinajstić information content (AvgIpc) is 2.96. The summed E-state index contributed by atoms with van der Waals surface area (Å²) in [6, 6.07) is 5.56. The fourth-order valence-electron chi connectivity index (χ4n) is 2.65. The number of anilines is 3. The van der Waals surface area contributed by atoms with Gasteiger partial charge in [-0.3, -0.25) is 9.59 Å². The van der Waals surface area contributed by atoms with Crippen LogP contribution in [0.1, 0.15) is 17.7 Å². The summed E-state index contributed by atoms with van der Waals surface area (Å²) in [4.78, 5) is 33.6. The monoisotopic (exact) mass is 344 g/mol. The van der Waals surface area contributed by atoms with E-state index in [9.17, 15) is 9.59 Å². The molecule has 0 spiro atoms. The molecule has 0 saturated heterocycles. The molecule has 7 heteroatoms. The first-order valence-corrected chi connectivity index (χ1v) is 8.72. The lowest BCUT2D eigenvalue weighted by molar-refractivity contribution is -0.121. The molecule has 1 aliphatic heterocycles. The van der Waals surface area contributed by atoms with Crippen LogP contribution in [0.25, 0.3) is 0 Å². The molecule has 0 radical (unpaired) electrons. The summed E-state index contributed by atoms with van der Waals surface area (Å²) in [5.41, 5.74) is 1.83. The first kappa shape index (κ1) is 16.4. The third kappa shape index (κ3) is 3.56. The summed E-state index contributed by atoms with van der Waals surface area (Å²) < 4.78 is 0. The highest BCUT2D eigenvalue weighted by Gasteiger charge is 2.25. The third-order valence-electron chi connectivity index (χ3n) is 3.94. The number of thiophene rings is 1. The number of aromatic nitrogens is 1. The molecule has 0 unspecified atom stereocenters. The van der Waals surface area contributed by atoms with Gasteiger partial charge in [0.15, 0.2) is 0 Å². The minimum absolute atomic E-state index is 0.00165. The van der Waals surface area contributed by atoms with Gasteiger partial charge < -0.3 is 15.1 Å². The maximum atomic E-state index is 12.3. The van der Waals surface area contributed by atoms with Crippen molar-refractivity contribution in [3.63, 3.8) is 0 Å². The van der Waals surface area contributed by atoms with E-state index in [0.29, 0.717) is 12.2 Å². The molecule has 3 rings (SSSR count). The lowest BCUT2D eigenvalue weighted by atomic mass is 10.2. The molecule has 24 heavy (non-hydrogen) atoms. The number of hydrogen-bond donors (Lipinski definition) is 1. The van der Waals surface area contributed by atoms with Gasteiger partial charge in [0, 0.05) is 25.4 Å². The molecule has 3 heterocycles. The van der Waals surface area contributed by atoms with Crippen LogP contribution in [0.15, 0.2) is 29.8 Å². The van der Waals surface area contributed by atoms with Gasteiger partial charge >= 0.3 is 0 Å². The van der Waals surface area contributed by atoms with E-state index in [4.69, 9.17) is 0 Å². The van der Waals surface area contributed by atoms with Gasteiger partial charge in [-0.2, -0.15) is 0 Å². The number of rotatable bonds is 4. The molecular weight excluding hydrogens is 324 g/mol. The van der Waals surface area contributed by atoms with Crippen molar-refractivity contribution in [3.8, 4) is 0 Å². The molecule has 2 aromatic heterocycles. The normalized spacial score (nSPS) is 14.1. The summed E-state index contributed by atoms with van der Waals surface area (Å²) in [6.45, 7) is 0.0136. The summed E-state index contributed by atoms with van der Waals surface area (Å²) in [6.07, 6.45) is 3.90. The number of nitrogens with zero attached hydrogens (tertiary/aromatic N) is 3. The van der Waals surface area contributed by atoms with E-state index >= 15 is 0 Å². The van der Waals surface area contributed by atoms with Crippen LogP contribution < -0.4 is 15.1 Å². The van der Waals surface area contributed by atoms with Gasteiger partial charge in [-0.1, -0.05) is 0 Å². The predicted molar refractivity (Wildman–Crippen MR) is 96.8 cm³/mol. The number of amides is 2. The van der Waals surface area contributed by atoms with E-state index < -0.39 is 0 Å². The summed E-state index contributed by atoms with van der Waals surface area (Å²) in [5, 5.41) is 4.73. The van der Waals surface area contributed by atoms with Crippen molar-refractivity contribution in [3.05, 3.63) is 34.7 Å². The predicted octanol–water partition coefficient (Wildman–Crippen LogP) is 2.52. The van der Waals surface area contributed by atoms with Crippen LogP contribution >= 0.6 is 11.3 Å². The highest BCUT2D eigenvalue weighted by molar-refractivity contribution is 7.10. The smallest absolute Gasteiger partial charge is 0.245 e. The van der Waals surface area contributed by atoms with Crippen LogP contribution in [0.4, 0.5) is 17.2 Å². The summed E-state index contributed by atoms with van der Waals surface area (Å²) >= 11 is 1.64. The van der Waals surface area contributed by atoms with Crippen molar-refractivity contribution in [1.29, 1.82) is 0 Å². The Bertz CT molecular complexity index is 739. The number of hydrogen-bond acceptors (Lipinski definition) is 5. The van der Waals surface area contributed by atoms with Crippen molar-refractivity contribution in [2.24, 2.45) is 0 Å². The second kappa shape index (κ2) is 7.00. The first-order valence-electron chi connectivity index (χ1n) is 7.84. The van der Waals surface area contributed by atoms with E-state index in [0.717, 1.165) is 24.2 Å². The topological polar surface area (TPSA) is 65.5 Å². The molecule has 0 saturated carbocycles. The molecule has 0 bridgehead atoms. The Morgan fingerprint density at radius 3 is 2.88 bits per heavy atom. The SMILES string of the molecule is CN(C)c1ccc(NC(=O)CN2C(=O)CCCc3sccc32)nc1. The van der Waals surface area contributed by atoms with Crippen LogP contribution in [-0.4, -0.2) is 37.4 Å². The molecule has 0 fully saturated rings. The van der Waals surface area contributed by atoms with E-state index in [1.54, 1.807) is 28.5 Å². The second-order valence-corrected chi connectivity index (χ2v) is 6.91. The van der Waals surface area contributed by atoms with Crippen molar-refractivity contribution in [1.82, 2.24) is 4.98 Å². The molecule has 2 aromatic rings. The molecule has 0 atom stereocenters. The standard InChI is InChI=1S/C17H20N4O2S/c1-20(2)12-6-7-15(18-10-12)19-16(22)11-21-13-8-9-24-14(13)4-3-5-17(21)23/h6-10H,3-5,11H2,1-2H3,(H,18,19,22). The lowest BCUT2D eigenvalue weighted by Crippen LogP contribution is -2.37. The fourth-order valence-corrected chi connectivity index (χ4v) is 3.58. The number of fused-ring (bicyclic) bond motifs is 1. The third-order valence-corrected chi connectivity index (χ3v) is 4.91. The van der Waals surface area contributed by atoms with Crippen LogP contribution in [0.2, 0.25) is 0 Å². The van der Waals surface area contributed by atoms with Gasteiger partial charge in [0.05, 0.1) is 17.6 Å². The number of carbonyl (C=O) groups excluding carboxylic acids is 2. The second-order valence-electron chi connectivity index (χ2n) is 5.91. The Balaban J connectivity index is 1.69. The summed E-state index contributed by atoms with van der Waals surface area (Å²) in [5.74, 6) is 0.240. The van der Waals surface area contributed by atoms with Crippen LogP contribution in [-0.2, 0) is 16.0 Å². The van der Waals surface area contributed by atoms with E-state index in [2.05, 4.69) is 10.3 Å². The molecular formula is C17H20N4O2S. The molecule has 126 valence electrons. The highest BCUT2D eigenvalue weighted by atomic mass is 32.1. The quantitative estimate of drug-likeness (QED) is 0.925. The Kier molecular flexibility index (Phi) is 4.80. The van der Waals surface area contributed by atoms with Crippen molar-refractivity contribution in [2.45, 2.75) is 19.3 Å². The Labute approximate surface area is 145 Å². The largest absolute Gasteiger partial charge is 0.376 e. The van der Waals surface area contributed by atoms with Gasteiger partial charge in [0.25, 0.3) is 0 Å². The van der Waals surface area contributed by atoms with Crippen molar-refractivity contribution in [2.75, 3.05) is 35.8 Å². The molecule has 0 aliphatic carbocycles. The number of aryl methyl sites for hydroxylation is 1. The minimum Gasteiger partial charge on any atom is -0.376 e. The van der Waals surface area contributed by atoms with E-state index in [-0.39, 0.29) is 18.4 Å². The molecule has 1 N–H and O–H groups in total. The fraction of sp³-hybridized carbons (Fsp3) is 0.353. The maximum absolute atomic E-state index is 12.3. The Hall–Kier alpha value is -2.41. The molecule has 6 nitrogen and oxygen atoms in total. The van der Waals surface area contributed by atoms with Crippen LogP contribution in [0, 0.1) is 0 Å². The minimum atomic E-state index is -0.243. The van der Waals surface area contributed by atoms with E-state index in [1.807, 2.05) is 36.5 Å². The Morgan fingerprint density at radius 1 is 1.33 bits per heavy atom. The number of pyridine rings is 1. The maximum Gasteiger partial charge on any atom is 0.245 e. The summed E-state index contributed by atoms with van der Waals surface area (Å²) in [7, 11) is 3.86. The number of nitrogens with one attached hydrogen (secondary N) is 1.